The maximum absolute atomic E-state index is 5.87. The average molecular weight is 214 g/mol. The van der Waals surface area contributed by atoms with Crippen LogP contribution in [0, 0.1) is 5.92 Å². The molecule has 1 saturated carbocycles. The van der Waals surface area contributed by atoms with Crippen LogP contribution < -0.4 is 5.73 Å². The van der Waals surface area contributed by atoms with Crippen LogP contribution in [0.1, 0.15) is 38.6 Å². The van der Waals surface area contributed by atoms with Crippen LogP contribution >= 0.6 is 11.6 Å². The Balaban J connectivity index is 2.13. The third kappa shape index (κ3) is 1.61. The van der Waals surface area contributed by atoms with E-state index in [2.05, 4.69) is 12.0 Å². The number of nitrogen functional groups attached to an aromatic ring is 1. The normalized spacial score (nSPS) is 27.0. The second-order valence-corrected chi connectivity index (χ2v) is 4.47. The van der Waals surface area contributed by atoms with Crippen molar-refractivity contribution in [2.45, 2.75) is 38.6 Å². The van der Waals surface area contributed by atoms with E-state index in [0.717, 1.165) is 5.92 Å². The highest BCUT2D eigenvalue weighted by Crippen LogP contribution is 2.37. The third-order valence-corrected chi connectivity index (χ3v) is 3.51. The summed E-state index contributed by atoms with van der Waals surface area (Å²) in [6.45, 7) is 2.24. The lowest BCUT2D eigenvalue weighted by atomic mass is 10.1. The number of anilines is 1. The average Bonchev–Trinajstić information content (AvgIpc) is 2.75. The van der Waals surface area contributed by atoms with Crippen LogP contribution in [0.2, 0.25) is 5.02 Å². The van der Waals surface area contributed by atoms with Crippen molar-refractivity contribution in [2.24, 2.45) is 5.92 Å². The van der Waals surface area contributed by atoms with Crippen LogP contribution in [0.4, 0.5) is 5.82 Å². The lowest BCUT2D eigenvalue weighted by molar-refractivity contribution is 0.440. The zero-order valence-electron chi connectivity index (χ0n) is 8.41. The maximum atomic E-state index is 5.87. The molecule has 2 unspecified atom stereocenters. The minimum Gasteiger partial charge on any atom is -0.383 e. The SMILES string of the molecule is CCC1CCC(n2ncc(Cl)c2N)C1. The predicted molar refractivity (Wildman–Crippen MR) is 58.3 cm³/mol. The summed E-state index contributed by atoms with van der Waals surface area (Å²) in [6.07, 6.45) is 6.55. The Hall–Kier alpha value is -0.700. The van der Waals surface area contributed by atoms with Gasteiger partial charge in [-0.2, -0.15) is 5.10 Å². The predicted octanol–water partition coefficient (Wildman–Crippen LogP) is 2.87. The molecule has 0 aliphatic heterocycles. The largest absolute Gasteiger partial charge is 0.383 e. The van der Waals surface area contributed by atoms with Crippen LogP contribution in [0.3, 0.4) is 0 Å². The fourth-order valence-electron chi connectivity index (χ4n) is 2.28. The highest BCUT2D eigenvalue weighted by atomic mass is 35.5. The van der Waals surface area contributed by atoms with Gasteiger partial charge in [0, 0.05) is 0 Å². The van der Waals surface area contributed by atoms with Crippen molar-refractivity contribution < 1.29 is 0 Å². The van der Waals surface area contributed by atoms with E-state index in [1.54, 1.807) is 6.20 Å². The second kappa shape index (κ2) is 3.81. The van der Waals surface area contributed by atoms with Crippen LogP contribution in [-0.4, -0.2) is 9.78 Å². The molecular weight excluding hydrogens is 198 g/mol. The molecule has 1 aliphatic carbocycles. The van der Waals surface area contributed by atoms with Crippen molar-refractivity contribution >= 4 is 17.4 Å². The van der Waals surface area contributed by atoms with E-state index in [4.69, 9.17) is 17.3 Å². The van der Waals surface area contributed by atoms with Gasteiger partial charge in [-0.3, -0.25) is 0 Å². The number of hydrogen-bond donors (Lipinski definition) is 1. The molecule has 3 nitrogen and oxygen atoms in total. The van der Waals surface area contributed by atoms with Gasteiger partial charge in [-0.05, 0) is 25.2 Å². The molecule has 2 rings (SSSR count). The first-order chi connectivity index (χ1) is 6.72. The first-order valence-corrected chi connectivity index (χ1v) is 5.58. The number of hydrogen-bond acceptors (Lipinski definition) is 2. The maximum Gasteiger partial charge on any atom is 0.140 e. The Kier molecular flexibility index (Phi) is 2.68. The van der Waals surface area contributed by atoms with Crippen molar-refractivity contribution in [3.05, 3.63) is 11.2 Å². The minimum atomic E-state index is 0.465. The van der Waals surface area contributed by atoms with Crippen molar-refractivity contribution in [1.29, 1.82) is 0 Å². The minimum absolute atomic E-state index is 0.465. The summed E-state index contributed by atoms with van der Waals surface area (Å²) in [5.74, 6) is 1.45. The van der Waals surface area contributed by atoms with Gasteiger partial charge < -0.3 is 5.73 Å². The van der Waals surface area contributed by atoms with Gasteiger partial charge in [-0.15, -0.1) is 0 Å². The molecular formula is C10H16ClN3. The third-order valence-electron chi connectivity index (χ3n) is 3.22. The standard InChI is InChI=1S/C10H16ClN3/c1-2-7-3-4-8(5-7)14-10(12)9(11)6-13-14/h6-8H,2-5,12H2,1H3. The molecule has 14 heavy (non-hydrogen) atoms. The first kappa shape index (κ1) is 9.84. The topological polar surface area (TPSA) is 43.8 Å². The lowest BCUT2D eigenvalue weighted by Gasteiger charge is -2.12. The van der Waals surface area contributed by atoms with Gasteiger partial charge in [0.15, 0.2) is 0 Å². The summed E-state index contributed by atoms with van der Waals surface area (Å²) in [6, 6.07) is 0.465. The van der Waals surface area contributed by atoms with E-state index in [9.17, 15) is 0 Å². The van der Waals surface area contributed by atoms with Gasteiger partial charge in [-0.25, -0.2) is 4.68 Å². The molecule has 2 N–H and O–H groups in total. The zero-order valence-corrected chi connectivity index (χ0v) is 9.17. The van der Waals surface area contributed by atoms with Crippen LogP contribution in [0.15, 0.2) is 6.20 Å². The molecule has 4 heteroatoms. The van der Waals surface area contributed by atoms with E-state index in [1.165, 1.54) is 25.7 Å². The van der Waals surface area contributed by atoms with E-state index < -0.39 is 0 Å². The molecule has 0 radical (unpaired) electrons. The van der Waals surface area contributed by atoms with Gasteiger partial charge in [-0.1, -0.05) is 24.9 Å². The van der Waals surface area contributed by atoms with Crippen molar-refractivity contribution in [3.8, 4) is 0 Å². The van der Waals surface area contributed by atoms with Gasteiger partial charge in [0.2, 0.25) is 0 Å². The van der Waals surface area contributed by atoms with E-state index in [1.807, 2.05) is 4.68 Å². The van der Waals surface area contributed by atoms with E-state index >= 15 is 0 Å². The smallest absolute Gasteiger partial charge is 0.140 e. The van der Waals surface area contributed by atoms with Gasteiger partial charge >= 0.3 is 0 Å². The monoisotopic (exact) mass is 213 g/mol. The van der Waals surface area contributed by atoms with E-state index in [-0.39, 0.29) is 0 Å². The molecule has 1 aliphatic rings. The Morgan fingerprint density at radius 1 is 1.64 bits per heavy atom. The van der Waals surface area contributed by atoms with Crippen molar-refractivity contribution in [1.82, 2.24) is 9.78 Å². The number of nitrogens with two attached hydrogens (primary N) is 1. The number of halogens is 1. The summed E-state index contributed by atoms with van der Waals surface area (Å²) >= 11 is 5.87. The molecule has 0 spiro atoms. The molecule has 78 valence electrons. The van der Waals surface area contributed by atoms with Gasteiger partial charge in [0.1, 0.15) is 10.8 Å². The molecule has 0 amide bonds. The highest BCUT2D eigenvalue weighted by molar-refractivity contribution is 6.32. The highest BCUT2D eigenvalue weighted by Gasteiger charge is 2.26. The Labute approximate surface area is 89.2 Å². The molecule has 1 aromatic heterocycles. The molecule has 0 aromatic carbocycles. The first-order valence-electron chi connectivity index (χ1n) is 5.20. The summed E-state index contributed by atoms with van der Waals surface area (Å²) < 4.78 is 1.89. The Morgan fingerprint density at radius 3 is 2.93 bits per heavy atom. The summed E-state index contributed by atoms with van der Waals surface area (Å²) in [7, 11) is 0. The van der Waals surface area contributed by atoms with Crippen molar-refractivity contribution in [3.63, 3.8) is 0 Å². The lowest BCUT2D eigenvalue weighted by Crippen LogP contribution is -2.10. The molecule has 1 aromatic rings. The molecule has 2 atom stereocenters. The Bertz CT molecular complexity index is 321. The molecule has 0 bridgehead atoms. The fraction of sp³-hybridized carbons (Fsp3) is 0.700. The fourth-order valence-corrected chi connectivity index (χ4v) is 2.41. The Morgan fingerprint density at radius 2 is 2.43 bits per heavy atom. The molecule has 1 heterocycles. The molecule has 0 saturated heterocycles. The molecule has 1 fully saturated rings. The van der Waals surface area contributed by atoms with Crippen molar-refractivity contribution in [2.75, 3.05) is 5.73 Å². The summed E-state index contributed by atoms with van der Waals surface area (Å²) in [4.78, 5) is 0. The zero-order chi connectivity index (χ0) is 10.1. The second-order valence-electron chi connectivity index (χ2n) is 4.06. The summed E-state index contributed by atoms with van der Waals surface area (Å²) in [5, 5.41) is 4.80. The van der Waals surface area contributed by atoms with Gasteiger partial charge in [0.25, 0.3) is 0 Å². The van der Waals surface area contributed by atoms with Crippen LogP contribution in [0.5, 0.6) is 0 Å². The van der Waals surface area contributed by atoms with E-state index in [0.29, 0.717) is 16.9 Å². The quantitative estimate of drug-likeness (QED) is 0.821. The number of aromatic nitrogens is 2. The number of rotatable bonds is 2. The van der Waals surface area contributed by atoms with Crippen LogP contribution in [-0.2, 0) is 0 Å². The summed E-state index contributed by atoms with van der Waals surface area (Å²) in [5.41, 5.74) is 5.84. The number of nitrogens with zero attached hydrogens (tertiary/aromatic N) is 2. The van der Waals surface area contributed by atoms with Crippen LogP contribution in [0.25, 0.3) is 0 Å². The van der Waals surface area contributed by atoms with Gasteiger partial charge in [0.05, 0.1) is 12.2 Å².